The molecule has 0 unspecified atom stereocenters. The molecule has 2 aliphatic rings. The van der Waals surface area contributed by atoms with Gasteiger partial charge in [0.1, 0.15) is 17.4 Å². The van der Waals surface area contributed by atoms with Crippen LogP contribution in [0.4, 0.5) is 0 Å². The molecule has 2 aliphatic heterocycles. The maximum atomic E-state index is 12.8. The summed E-state index contributed by atoms with van der Waals surface area (Å²) < 4.78 is 7.78. The van der Waals surface area contributed by atoms with Crippen molar-refractivity contribution < 1.29 is 9.53 Å². The average molecular weight is 490 g/mol. The lowest BCUT2D eigenvalue weighted by Gasteiger charge is -2.20. The van der Waals surface area contributed by atoms with Crippen LogP contribution < -0.4 is 4.74 Å². The summed E-state index contributed by atoms with van der Waals surface area (Å²) in [5.41, 5.74) is 3.72. The first-order chi connectivity index (χ1) is 16.4. The molecular weight excluding hydrogens is 470 g/mol. The summed E-state index contributed by atoms with van der Waals surface area (Å²) in [5.74, 6) is 0.240. The van der Waals surface area contributed by atoms with Gasteiger partial charge in [0.05, 0.1) is 16.3 Å². The molecule has 0 saturated heterocycles. The van der Waals surface area contributed by atoms with Gasteiger partial charge in [-0.25, -0.2) is 0 Å². The Hall–Kier alpha value is -3.62. The number of benzene rings is 2. The predicted octanol–water partition coefficient (Wildman–Crippen LogP) is 5.45. The zero-order chi connectivity index (χ0) is 23.8. The predicted molar refractivity (Wildman–Crippen MR) is 137 cm³/mol. The lowest BCUT2D eigenvalue weighted by molar-refractivity contribution is -0.114. The van der Waals surface area contributed by atoms with Crippen molar-refractivity contribution in [3.63, 3.8) is 0 Å². The summed E-state index contributed by atoms with van der Waals surface area (Å²) in [4.78, 5) is 17.0. The normalized spacial score (nSPS) is 16.6. The Kier molecular flexibility index (Phi) is 5.85. The van der Waals surface area contributed by atoms with Gasteiger partial charge in [0, 0.05) is 11.4 Å². The van der Waals surface area contributed by atoms with Crippen LogP contribution in [0, 0.1) is 19.3 Å². The Bertz CT molecular complexity index is 1410. The number of amidine groups is 2. The van der Waals surface area contributed by atoms with Gasteiger partial charge in [0.15, 0.2) is 5.84 Å². The molecule has 1 N–H and O–H groups in total. The van der Waals surface area contributed by atoms with Crippen molar-refractivity contribution in [1.29, 1.82) is 5.41 Å². The number of thioether (sulfide) groups is 1. The molecular formula is C25H20ClN5O2S. The summed E-state index contributed by atoms with van der Waals surface area (Å²) in [6.07, 6.45) is 1.69. The van der Waals surface area contributed by atoms with E-state index in [-0.39, 0.29) is 18.0 Å². The van der Waals surface area contributed by atoms with Gasteiger partial charge in [-0.2, -0.15) is 15.1 Å². The van der Waals surface area contributed by atoms with Gasteiger partial charge >= 0.3 is 0 Å². The summed E-state index contributed by atoms with van der Waals surface area (Å²) in [5, 5.41) is 16.1. The number of aliphatic imine (C=N–C) groups is 1. The van der Waals surface area contributed by atoms with E-state index in [0.29, 0.717) is 15.2 Å². The highest BCUT2D eigenvalue weighted by molar-refractivity contribution is 8.27. The molecule has 0 fully saturated rings. The Balaban J connectivity index is 1.42. The summed E-state index contributed by atoms with van der Waals surface area (Å²) in [6.45, 7) is 4.16. The zero-order valence-electron chi connectivity index (χ0n) is 18.4. The second-order valence-corrected chi connectivity index (χ2v) is 9.18. The van der Waals surface area contributed by atoms with Gasteiger partial charge in [-0.3, -0.25) is 10.2 Å². The third-order valence-corrected chi connectivity index (χ3v) is 6.67. The van der Waals surface area contributed by atoms with Crippen LogP contribution in [0.15, 0.2) is 76.3 Å². The second kappa shape index (κ2) is 8.96. The summed E-state index contributed by atoms with van der Waals surface area (Å²) in [6, 6.07) is 19.0. The van der Waals surface area contributed by atoms with Crippen molar-refractivity contribution in [2.45, 2.75) is 13.8 Å². The number of amides is 1. The van der Waals surface area contributed by atoms with Gasteiger partial charge < -0.3 is 9.30 Å². The molecule has 1 aromatic heterocycles. The van der Waals surface area contributed by atoms with E-state index < -0.39 is 5.91 Å². The lowest BCUT2D eigenvalue weighted by atomic mass is 10.1. The molecule has 7 nitrogen and oxygen atoms in total. The van der Waals surface area contributed by atoms with E-state index in [1.54, 1.807) is 6.08 Å². The van der Waals surface area contributed by atoms with Crippen LogP contribution in [0.5, 0.6) is 5.75 Å². The highest BCUT2D eigenvalue weighted by Gasteiger charge is 2.36. The molecule has 1 amide bonds. The monoisotopic (exact) mass is 489 g/mol. The van der Waals surface area contributed by atoms with E-state index in [1.165, 1.54) is 16.8 Å². The van der Waals surface area contributed by atoms with Crippen LogP contribution in [-0.4, -0.2) is 38.1 Å². The molecule has 3 aromatic rings. The van der Waals surface area contributed by atoms with Gasteiger partial charge in [-0.15, -0.1) is 0 Å². The average Bonchev–Trinajstić information content (AvgIpc) is 3.36. The van der Waals surface area contributed by atoms with Gasteiger partial charge in [0.2, 0.25) is 5.17 Å². The van der Waals surface area contributed by atoms with Crippen LogP contribution in [0.2, 0.25) is 5.02 Å². The number of aromatic nitrogens is 1. The van der Waals surface area contributed by atoms with Gasteiger partial charge in [0.25, 0.3) is 5.91 Å². The second-order valence-electron chi connectivity index (χ2n) is 7.73. The van der Waals surface area contributed by atoms with E-state index in [2.05, 4.69) is 10.1 Å². The Labute approximate surface area is 205 Å². The Morgan fingerprint density at radius 2 is 1.85 bits per heavy atom. The third kappa shape index (κ3) is 4.06. The van der Waals surface area contributed by atoms with Crippen molar-refractivity contribution in [1.82, 2.24) is 9.58 Å². The van der Waals surface area contributed by atoms with Crippen LogP contribution in [-0.2, 0) is 4.79 Å². The number of para-hydroxylation sites is 2. The van der Waals surface area contributed by atoms with E-state index in [9.17, 15) is 4.79 Å². The third-order valence-electron chi connectivity index (χ3n) is 5.47. The number of hydrogen-bond acceptors (Lipinski definition) is 5. The number of halogens is 1. The molecule has 5 rings (SSSR count). The first kappa shape index (κ1) is 22.2. The number of nitrogens with zero attached hydrogens (tertiary/aromatic N) is 4. The smallest absolute Gasteiger partial charge is 0.283 e. The fourth-order valence-electron chi connectivity index (χ4n) is 3.84. The van der Waals surface area contributed by atoms with Crippen LogP contribution in [0.3, 0.4) is 0 Å². The Morgan fingerprint density at radius 3 is 2.62 bits per heavy atom. The highest BCUT2D eigenvalue weighted by atomic mass is 35.5. The Morgan fingerprint density at radius 1 is 1.12 bits per heavy atom. The van der Waals surface area contributed by atoms with E-state index in [0.717, 1.165) is 28.4 Å². The molecule has 0 spiro atoms. The number of nitrogens with one attached hydrogen (secondary N) is 1. The topological polar surface area (TPSA) is 83.0 Å². The number of carbonyl (C=O) groups excluding carboxylic acids is 1. The fourth-order valence-corrected chi connectivity index (χ4v) is 4.86. The molecule has 0 bridgehead atoms. The van der Waals surface area contributed by atoms with Crippen LogP contribution >= 0.6 is 23.4 Å². The van der Waals surface area contributed by atoms with Gasteiger partial charge in [-0.05, 0) is 67.6 Å². The number of aryl methyl sites for hydroxylation is 1. The largest absolute Gasteiger partial charge is 0.487 e. The first-order valence-corrected chi connectivity index (χ1v) is 11.7. The summed E-state index contributed by atoms with van der Waals surface area (Å²) >= 11 is 7.64. The molecule has 170 valence electrons. The zero-order valence-corrected chi connectivity index (χ0v) is 20.0. The summed E-state index contributed by atoms with van der Waals surface area (Å²) in [7, 11) is 0. The van der Waals surface area contributed by atoms with Crippen molar-refractivity contribution in [3.05, 3.63) is 88.2 Å². The van der Waals surface area contributed by atoms with Gasteiger partial charge in [-0.1, -0.05) is 41.9 Å². The standard InChI is InChI=1S/C25H20ClN5O2S/c1-15-12-17(16(2)30(15)21-11-7-6-10-20(21)26)13-19-23(27)31-25(28-24(19)32)34-22(29-31)14-33-18-8-4-3-5-9-18/h3-13,27H,14H2,1-2H3/b19-13-,27-23?. The van der Waals surface area contributed by atoms with Crippen LogP contribution in [0.1, 0.15) is 17.0 Å². The molecule has 9 heteroatoms. The lowest BCUT2D eigenvalue weighted by Crippen LogP contribution is -2.35. The number of fused-ring (bicyclic) bond motifs is 1. The number of hydrogen-bond donors (Lipinski definition) is 1. The van der Waals surface area contributed by atoms with E-state index in [1.807, 2.05) is 79.1 Å². The number of carbonyl (C=O) groups is 1. The van der Waals surface area contributed by atoms with Crippen LogP contribution in [0.25, 0.3) is 11.8 Å². The molecule has 0 radical (unpaired) electrons. The van der Waals surface area contributed by atoms with E-state index >= 15 is 0 Å². The first-order valence-electron chi connectivity index (χ1n) is 10.5. The molecule has 0 saturated carbocycles. The molecule has 34 heavy (non-hydrogen) atoms. The molecule has 0 atom stereocenters. The molecule has 3 heterocycles. The quantitative estimate of drug-likeness (QED) is 0.483. The van der Waals surface area contributed by atoms with E-state index in [4.69, 9.17) is 21.7 Å². The van der Waals surface area contributed by atoms with Crippen molar-refractivity contribution in [3.8, 4) is 11.4 Å². The minimum atomic E-state index is -0.466. The highest BCUT2D eigenvalue weighted by Crippen LogP contribution is 2.31. The number of rotatable bonds is 5. The minimum absolute atomic E-state index is 0.0141. The number of hydrazone groups is 1. The van der Waals surface area contributed by atoms with Crippen molar-refractivity contribution in [2.75, 3.05) is 6.61 Å². The van der Waals surface area contributed by atoms with Crippen molar-refractivity contribution >= 4 is 51.4 Å². The maximum Gasteiger partial charge on any atom is 0.283 e. The fraction of sp³-hybridized carbons (Fsp3) is 0.120. The SMILES string of the molecule is Cc1cc(/C=C2/C(=N)N3N=C(COc4ccccc4)SC3=NC2=O)c(C)n1-c1ccccc1Cl. The molecule has 2 aromatic carbocycles. The molecule has 0 aliphatic carbocycles. The van der Waals surface area contributed by atoms with Crippen molar-refractivity contribution in [2.24, 2.45) is 10.1 Å². The number of ether oxygens (including phenoxy) is 1. The minimum Gasteiger partial charge on any atom is -0.487 e. The maximum absolute atomic E-state index is 12.8.